The topological polar surface area (TPSA) is 29.5 Å². The zero-order chi connectivity index (χ0) is 13.7. The number of benzene rings is 1. The fourth-order valence-electron chi connectivity index (χ4n) is 3.09. The number of hydrogen-bond acceptors (Lipinski definition) is 2. The fourth-order valence-corrected chi connectivity index (χ4v) is 3.09. The maximum Gasteiger partial charge on any atom is 0.132 e. The summed E-state index contributed by atoms with van der Waals surface area (Å²) < 4.78 is 18.9. The van der Waals surface area contributed by atoms with Crippen molar-refractivity contribution in [2.75, 3.05) is 7.11 Å². The minimum absolute atomic E-state index is 0.0266. The molecule has 0 heterocycles. The van der Waals surface area contributed by atoms with Crippen LogP contribution >= 0.6 is 0 Å². The highest BCUT2D eigenvalue weighted by Crippen LogP contribution is 2.72. The highest BCUT2D eigenvalue weighted by molar-refractivity contribution is 5.33. The molecule has 1 aliphatic rings. The van der Waals surface area contributed by atoms with Crippen LogP contribution in [-0.4, -0.2) is 12.2 Å². The molecule has 3 heteroatoms. The number of aliphatic hydroxyl groups excluding tert-OH is 1. The highest BCUT2D eigenvalue weighted by Gasteiger charge is 2.67. The third kappa shape index (κ3) is 1.72. The molecule has 18 heavy (non-hydrogen) atoms. The molecule has 0 aliphatic heterocycles. The molecular formula is C15H21FO2. The van der Waals surface area contributed by atoms with Gasteiger partial charge in [-0.2, -0.15) is 0 Å². The van der Waals surface area contributed by atoms with Crippen molar-refractivity contribution >= 4 is 0 Å². The highest BCUT2D eigenvalue weighted by atomic mass is 19.1. The van der Waals surface area contributed by atoms with Crippen LogP contribution in [0.4, 0.5) is 4.39 Å². The minimum atomic E-state index is -0.763. The number of methoxy groups -OCH3 is 1. The summed E-state index contributed by atoms with van der Waals surface area (Å²) in [5.41, 5.74) is 0.414. The lowest BCUT2D eigenvalue weighted by atomic mass is 9.99. The summed E-state index contributed by atoms with van der Waals surface area (Å²) in [7, 11) is 1.50. The molecule has 2 nitrogen and oxygen atoms in total. The molecule has 1 aromatic carbocycles. The van der Waals surface area contributed by atoms with E-state index in [1.807, 2.05) is 0 Å². The average Bonchev–Trinajstić information content (AvgIpc) is 2.68. The van der Waals surface area contributed by atoms with Gasteiger partial charge in [-0.25, -0.2) is 4.39 Å². The van der Waals surface area contributed by atoms with Crippen LogP contribution in [0.15, 0.2) is 18.2 Å². The van der Waals surface area contributed by atoms with Crippen molar-refractivity contribution in [3.8, 4) is 5.75 Å². The Hall–Kier alpha value is -1.09. The standard InChI is InChI=1S/C15H21FO2/c1-14(2)13(15(14,3)4)12(17)10-7-6-9(18-5)8-11(10)16/h6-8,12-13,17H,1-5H3. The molecule has 0 radical (unpaired) electrons. The third-order valence-corrected chi connectivity index (χ3v) is 4.97. The first-order valence-electron chi connectivity index (χ1n) is 6.25. The summed E-state index contributed by atoms with van der Waals surface area (Å²) in [6.45, 7) is 8.45. The minimum Gasteiger partial charge on any atom is -0.497 e. The van der Waals surface area contributed by atoms with Gasteiger partial charge in [0.2, 0.25) is 0 Å². The lowest BCUT2D eigenvalue weighted by Gasteiger charge is -2.14. The van der Waals surface area contributed by atoms with E-state index in [4.69, 9.17) is 4.74 Å². The van der Waals surface area contributed by atoms with Crippen LogP contribution in [0.3, 0.4) is 0 Å². The van der Waals surface area contributed by atoms with Crippen molar-refractivity contribution in [3.63, 3.8) is 0 Å². The molecule has 1 fully saturated rings. The Kier molecular flexibility index (Phi) is 2.93. The molecule has 1 aliphatic carbocycles. The van der Waals surface area contributed by atoms with Crippen LogP contribution < -0.4 is 4.74 Å². The molecule has 2 rings (SSSR count). The summed E-state index contributed by atoms with van der Waals surface area (Å²) in [5.74, 6) is 0.144. The fraction of sp³-hybridized carbons (Fsp3) is 0.600. The van der Waals surface area contributed by atoms with E-state index in [9.17, 15) is 9.50 Å². The predicted octanol–water partition coefficient (Wildman–Crippen LogP) is 3.55. The SMILES string of the molecule is COc1ccc(C(O)C2C(C)(C)C2(C)C)c(F)c1. The summed E-state index contributed by atoms with van der Waals surface area (Å²) in [6.07, 6.45) is -0.763. The molecule has 0 spiro atoms. The van der Waals surface area contributed by atoms with Crippen molar-refractivity contribution < 1.29 is 14.2 Å². The molecule has 1 unspecified atom stereocenters. The largest absolute Gasteiger partial charge is 0.497 e. The van der Waals surface area contributed by atoms with E-state index >= 15 is 0 Å². The van der Waals surface area contributed by atoms with Gasteiger partial charge in [-0.05, 0) is 23.0 Å². The Morgan fingerprint density at radius 3 is 2.17 bits per heavy atom. The second kappa shape index (κ2) is 3.95. The number of aliphatic hydroxyl groups is 1. The molecule has 0 bridgehead atoms. The van der Waals surface area contributed by atoms with E-state index < -0.39 is 11.9 Å². The van der Waals surface area contributed by atoms with Gasteiger partial charge < -0.3 is 9.84 Å². The summed E-state index contributed by atoms with van der Waals surface area (Å²) in [4.78, 5) is 0. The number of hydrogen-bond donors (Lipinski definition) is 1. The van der Waals surface area contributed by atoms with Crippen molar-refractivity contribution in [3.05, 3.63) is 29.6 Å². The summed E-state index contributed by atoms with van der Waals surface area (Å²) >= 11 is 0. The van der Waals surface area contributed by atoms with Gasteiger partial charge in [0.15, 0.2) is 0 Å². The maximum atomic E-state index is 13.9. The van der Waals surface area contributed by atoms with Gasteiger partial charge in [-0.3, -0.25) is 0 Å². The molecule has 1 atom stereocenters. The van der Waals surface area contributed by atoms with Crippen molar-refractivity contribution in [1.29, 1.82) is 0 Å². The maximum absolute atomic E-state index is 13.9. The van der Waals surface area contributed by atoms with Crippen LogP contribution in [-0.2, 0) is 0 Å². The molecule has 0 saturated heterocycles. The zero-order valence-electron chi connectivity index (χ0n) is 11.6. The smallest absolute Gasteiger partial charge is 0.132 e. The Bertz CT molecular complexity index is 452. The molecule has 1 aromatic rings. The monoisotopic (exact) mass is 252 g/mol. The van der Waals surface area contributed by atoms with Gasteiger partial charge in [0.05, 0.1) is 13.2 Å². The van der Waals surface area contributed by atoms with E-state index in [0.29, 0.717) is 11.3 Å². The first-order chi connectivity index (χ1) is 8.23. The van der Waals surface area contributed by atoms with Gasteiger partial charge in [-0.1, -0.05) is 27.7 Å². The Labute approximate surface area is 108 Å². The molecule has 0 amide bonds. The Balaban J connectivity index is 2.29. The first-order valence-corrected chi connectivity index (χ1v) is 6.25. The molecule has 100 valence electrons. The predicted molar refractivity (Wildman–Crippen MR) is 69.0 cm³/mol. The molecule has 0 aromatic heterocycles. The van der Waals surface area contributed by atoms with Gasteiger partial charge in [0.25, 0.3) is 0 Å². The number of rotatable bonds is 3. The Morgan fingerprint density at radius 1 is 1.22 bits per heavy atom. The van der Waals surface area contributed by atoms with Crippen LogP contribution in [0.25, 0.3) is 0 Å². The van der Waals surface area contributed by atoms with Crippen LogP contribution in [0.2, 0.25) is 0 Å². The molecular weight excluding hydrogens is 231 g/mol. The van der Waals surface area contributed by atoms with Crippen molar-refractivity contribution in [2.45, 2.75) is 33.8 Å². The van der Waals surface area contributed by atoms with E-state index in [0.717, 1.165) is 0 Å². The number of ether oxygens (including phenoxy) is 1. The normalized spacial score (nSPS) is 22.6. The quantitative estimate of drug-likeness (QED) is 0.891. The van der Waals surface area contributed by atoms with Crippen molar-refractivity contribution in [2.24, 2.45) is 16.7 Å². The molecule has 1 saturated carbocycles. The van der Waals surface area contributed by atoms with Crippen LogP contribution in [0, 0.1) is 22.6 Å². The number of halogens is 1. The zero-order valence-corrected chi connectivity index (χ0v) is 11.6. The van der Waals surface area contributed by atoms with E-state index in [1.54, 1.807) is 12.1 Å². The van der Waals surface area contributed by atoms with Crippen molar-refractivity contribution in [1.82, 2.24) is 0 Å². The second-order valence-corrected chi connectivity index (χ2v) is 6.25. The van der Waals surface area contributed by atoms with Gasteiger partial charge in [0, 0.05) is 17.5 Å². The van der Waals surface area contributed by atoms with Gasteiger partial charge in [0.1, 0.15) is 11.6 Å². The van der Waals surface area contributed by atoms with E-state index in [-0.39, 0.29) is 16.7 Å². The van der Waals surface area contributed by atoms with E-state index in [1.165, 1.54) is 13.2 Å². The van der Waals surface area contributed by atoms with Gasteiger partial charge in [-0.15, -0.1) is 0 Å². The Morgan fingerprint density at radius 2 is 1.78 bits per heavy atom. The second-order valence-electron chi connectivity index (χ2n) is 6.25. The summed E-state index contributed by atoms with van der Waals surface area (Å²) in [5, 5.41) is 10.4. The average molecular weight is 252 g/mol. The lowest BCUT2D eigenvalue weighted by Crippen LogP contribution is -2.08. The third-order valence-electron chi connectivity index (χ3n) is 4.97. The van der Waals surface area contributed by atoms with Crippen LogP contribution in [0.1, 0.15) is 39.4 Å². The molecule has 1 N–H and O–H groups in total. The van der Waals surface area contributed by atoms with Gasteiger partial charge >= 0.3 is 0 Å². The first kappa shape index (κ1) is 13.3. The summed E-state index contributed by atoms with van der Waals surface area (Å²) in [6, 6.07) is 4.62. The lowest BCUT2D eigenvalue weighted by molar-refractivity contribution is 0.126. The van der Waals surface area contributed by atoms with Crippen LogP contribution in [0.5, 0.6) is 5.75 Å². The van der Waals surface area contributed by atoms with E-state index in [2.05, 4.69) is 27.7 Å².